The van der Waals surface area contributed by atoms with E-state index < -0.39 is 36.1 Å². The number of benzene rings is 3. The van der Waals surface area contributed by atoms with Crippen LogP contribution in [-0.2, 0) is 29.9 Å². The van der Waals surface area contributed by atoms with Gasteiger partial charge >= 0.3 is 0 Å². The highest BCUT2D eigenvalue weighted by atomic mass is 32.3. The maximum Gasteiger partial charge on any atom is 0.195 e. The molecular formula is C23H22O5S2. The first-order valence-corrected chi connectivity index (χ1v) is 12.4. The summed E-state index contributed by atoms with van der Waals surface area (Å²) in [6.07, 6.45) is 0.214. The Labute approximate surface area is 177 Å². The van der Waals surface area contributed by atoms with Gasteiger partial charge in [-0.3, -0.25) is 0 Å². The van der Waals surface area contributed by atoms with E-state index in [1.165, 1.54) is 48.5 Å². The summed E-state index contributed by atoms with van der Waals surface area (Å²) >= 11 is 0. The lowest BCUT2D eigenvalue weighted by Gasteiger charge is -2.29. The minimum Gasteiger partial charge on any atom is -0.302 e. The molecule has 30 heavy (non-hydrogen) atoms. The Morgan fingerprint density at radius 2 is 1.07 bits per heavy atom. The third kappa shape index (κ3) is 4.22. The molecule has 0 aliphatic carbocycles. The summed E-state index contributed by atoms with van der Waals surface area (Å²) in [5.41, 5.74) is -0.758. The van der Waals surface area contributed by atoms with Gasteiger partial charge in [0, 0.05) is 0 Å². The first-order chi connectivity index (χ1) is 14.2. The average Bonchev–Trinajstić information content (AvgIpc) is 2.79. The number of carbonyl (C=O) groups excluding carboxylic acids is 1. The summed E-state index contributed by atoms with van der Waals surface area (Å²) < 4.78 is 52.1. The minimum atomic E-state index is -4.31. The number of sulfone groups is 2. The van der Waals surface area contributed by atoms with Gasteiger partial charge in [-0.2, -0.15) is 0 Å². The van der Waals surface area contributed by atoms with Crippen LogP contribution in [0.15, 0.2) is 101 Å². The Kier molecular flexibility index (Phi) is 6.24. The Bertz CT molecular complexity index is 1140. The van der Waals surface area contributed by atoms with Gasteiger partial charge in [-0.25, -0.2) is 16.8 Å². The molecule has 0 amide bonds. The Balaban J connectivity index is 2.19. The number of hydrogen-bond donors (Lipinski definition) is 0. The molecular weight excluding hydrogens is 420 g/mol. The third-order valence-corrected chi connectivity index (χ3v) is 10.2. The first-order valence-electron chi connectivity index (χ1n) is 9.31. The second-order valence-electron chi connectivity index (χ2n) is 7.25. The van der Waals surface area contributed by atoms with E-state index in [0.29, 0.717) is 11.8 Å². The average molecular weight is 443 g/mol. The van der Waals surface area contributed by atoms with Gasteiger partial charge in [-0.05, 0) is 43.2 Å². The molecule has 5 nitrogen and oxygen atoms in total. The minimum absolute atomic E-state index is 0.101. The highest BCUT2D eigenvalue weighted by molar-refractivity contribution is 8.09. The van der Waals surface area contributed by atoms with Crippen LogP contribution in [0.2, 0.25) is 0 Å². The van der Waals surface area contributed by atoms with Gasteiger partial charge in [-0.1, -0.05) is 66.7 Å². The van der Waals surface area contributed by atoms with Crippen molar-refractivity contribution in [2.75, 3.05) is 0 Å². The van der Waals surface area contributed by atoms with Gasteiger partial charge in [0.05, 0.1) is 15.2 Å². The first kappa shape index (κ1) is 21.9. The van der Waals surface area contributed by atoms with Crippen LogP contribution in [0.3, 0.4) is 0 Å². The van der Waals surface area contributed by atoms with E-state index in [9.17, 15) is 21.6 Å². The molecule has 0 aliphatic rings. The fraction of sp³-hybridized carbons (Fsp3) is 0.174. The second-order valence-corrected chi connectivity index (χ2v) is 11.8. The van der Waals surface area contributed by atoms with Crippen LogP contribution in [0.25, 0.3) is 0 Å². The van der Waals surface area contributed by atoms with Gasteiger partial charge in [0.1, 0.15) is 6.29 Å². The van der Waals surface area contributed by atoms with Crippen molar-refractivity contribution in [3.63, 3.8) is 0 Å². The molecule has 0 radical (unpaired) electrons. The normalized spacial score (nSPS) is 14.2. The zero-order valence-electron chi connectivity index (χ0n) is 16.4. The van der Waals surface area contributed by atoms with Crippen LogP contribution < -0.4 is 0 Å². The Hall–Kier alpha value is -2.77. The fourth-order valence-corrected chi connectivity index (χ4v) is 8.12. The van der Waals surface area contributed by atoms with Crippen molar-refractivity contribution >= 4 is 26.0 Å². The lowest BCUT2D eigenvalue weighted by Crippen LogP contribution is -2.39. The standard InChI is InChI=1S/C23H22O5S2/c1-23(18-24,19-11-5-2-6-12-19)17-22(29(25,26)20-13-7-3-8-14-20)30(27,28)21-15-9-4-10-16-21/h2-16,18,22H,17H2,1H3/t23-/m0/s1. The summed E-state index contributed by atoms with van der Waals surface area (Å²) in [6.45, 7) is 1.56. The highest BCUT2D eigenvalue weighted by Gasteiger charge is 2.45. The van der Waals surface area contributed by atoms with E-state index >= 15 is 0 Å². The predicted molar refractivity (Wildman–Crippen MR) is 116 cm³/mol. The van der Waals surface area contributed by atoms with Gasteiger partial charge in [0.2, 0.25) is 0 Å². The molecule has 0 saturated carbocycles. The summed E-state index contributed by atoms with van der Waals surface area (Å²) in [7, 11) is -8.61. The van der Waals surface area contributed by atoms with E-state index in [2.05, 4.69) is 0 Å². The fourth-order valence-electron chi connectivity index (χ4n) is 3.31. The molecule has 0 saturated heterocycles. The van der Waals surface area contributed by atoms with Gasteiger partial charge in [0.25, 0.3) is 0 Å². The molecule has 3 aromatic carbocycles. The van der Waals surface area contributed by atoms with E-state index in [0.717, 1.165) is 0 Å². The molecule has 0 aliphatic heterocycles. The molecule has 3 rings (SSSR count). The number of aldehydes is 1. The van der Waals surface area contributed by atoms with Crippen molar-refractivity contribution < 1.29 is 21.6 Å². The SMILES string of the molecule is C[C@@](C=O)(CC(S(=O)(=O)c1ccccc1)S(=O)(=O)c1ccccc1)c1ccccc1. The predicted octanol–water partition coefficient (Wildman–Crippen LogP) is 3.81. The highest BCUT2D eigenvalue weighted by Crippen LogP contribution is 2.36. The Morgan fingerprint density at radius 1 is 0.700 bits per heavy atom. The summed E-state index contributed by atoms with van der Waals surface area (Å²) in [6, 6.07) is 23.5. The number of hydrogen-bond acceptors (Lipinski definition) is 5. The molecule has 0 fully saturated rings. The molecule has 0 heterocycles. The lowest BCUT2D eigenvalue weighted by molar-refractivity contribution is -0.112. The van der Waals surface area contributed by atoms with Crippen LogP contribution in [0.1, 0.15) is 18.9 Å². The number of carbonyl (C=O) groups is 1. The van der Waals surface area contributed by atoms with E-state index in [1.807, 2.05) is 0 Å². The van der Waals surface area contributed by atoms with Crippen LogP contribution in [-0.4, -0.2) is 27.7 Å². The zero-order valence-corrected chi connectivity index (χ0v) is 18.0. The van der Waals surface area contributed by atoms with Crippen molar-refractivity contribution in [1.29, 1.82) is 0 Å². The van der Waals surface area contributed by atoms with Crippen molar-refractivity contribution in [2.45, 2.75) is 33.1 Å². The van der Waals surface area contributed by atoms with Gasteiger partial charge < -0.3 is 4.79 Å². The lowest BCUT2D eigenvalue weighted by atomic mass is 9.81. The van der Waals surface area contributed by atoms with E-state index in [4.69, 9.17) is 0 Å². The molecule has 1 atom stereocenters. The monoisotopic (exact) mass is 442 g/mol. The van der Waals surface area contributed by atoms with Crippen LogP contribution in [0.5, 0.6) is 0 Å². The second kappa shape index (κ2) is 8.53. The molecule has 0 aromatic heterocycles. The zero-order chi connectivity index (χ0) is 21.8. The van der Waals surface area contributed by atoms with Crippen LogP contribution in [0.4, 0.5) is 0 Å². The maximum absolute atomic E-state index is 13.5. The molecule has 0 spiro atoms. The molecule has 0 unspecified atom stereocenters. The van der Waals surface area contributed by atoms with Crippen LogP contribution >= 0.6 is 0 Å². The summed E-state index contributed by atoms with van der Waals surface area (Å²) in [4.78, 5) is 11.9. The van der Waals surface area contributed by atoms with Crippen molar-refractivity contribution in [1.82, 2.24) is 0 Å². The van der Waals surface area contributed by atoms with Crippen LogP contribution in [0, 0.1) is 0 Å². The Morgan fingerprint density at radius 3 is 1.43 bits per heavy atom. The van der Waals surface area contributed by atoms with Crippen molar-refractivity contribution in [2.24, 2.45) is 0 Å². The molecule has 7 heteroatoms. The topological polar surface area (TPSA) is 85.3 Å². The summed E-state index contributed by atoms with van der Waals surface area (Å²) in [5, 5.41) is 0. The van der Waals surface area contributed by atoms with Crippen molar-refractivity contribution in [3.05, 3.63) is 96.6 Å². The largest absolute Gasteiger partial charge is 0.302 e. The smallest absolute Gasteiger partial charge is 0.195 e. The van der Waals surface area contributed by atoms with E-state index in [-0.39, 0.29) is 9.79 Å². The summed E-state index contributed by atoms with van der Waals surface area (Å²) in [5.74, 6) is 0. The molecule has 156 valence electrons. The molecule has 0 N–H and O–H groups in total. The maximum atomic E-state index is 13.5. The van der Waals surface area contributed by atoms with E-state index in [1.54, 1.807) is 49.4 Å². The number of rotatable bonds is 8. The third-order valence-electron chi connectivity index (χ3n) is 5.12. The van der Waals surface area contributed by atoms with Gasteiger partial charge in [0.15, 0.2) is 24.3 Å². The molecule has 0 bridgehead atoms. The quantitative estimate of drug-likeness (QED) is 0.495. The van der Waals surface area contributed by atoms with Gasteiger partial charge in [-0.15, -0.1) is 0 Å². The van der Waals surface area contributed by atoms with Crippen molar-refractivity contribution in [3.8, 4) is 0 Å². The molecule has 3 aromatic rings.